The summed E-state index contributed by atoms with van der Waals surface area (Å²) in [5.41, 5.74) is -3.36. The van der Waals surface area contributed by atoms with Crippen molar-refractivity contribution in [2.45, 2.75) is 134 Å². The molecule has 0 unspecified atom stereocenters. The molecule has 0 spiro atoms. The first kappa shape index (κ1) is 29.1. The second kappa shape index (κ2) is 9.88. The van der Waals surface area contributed by atoms with Crippen LogP contribution in [0.4, 0.5) is 0 Å². The van der Waals surface area contributed by atoms with E-state index in [1.807, 2.05) is 6.92 Å². The van der Waals surface area contributed by atoms with Crippen molar-refractivity contribution < 1.29 is 43.9 Å². The van der Waals surface area contributed by atoms with Crippen molar-refractivity contribution in [1.82, 2.24) is 0 Å². The minimum Gasteiger partial charge on any atom is -0.462 e. The smallest absolute Gasteiger partial charge is 0.302 e. The summed E-state index contributed by atoms with van der Waals surface area (Å²) in [5.74, 6) is -1.01. The van der Waals surface area contributed by atoms with Crippen LogP contribution in [0.3, 0.4) is 0 Å². The molecule has 1 saturated heterocycles. The van der Waals surface area contributed by atoms with Gasteiger partial charge in [-0.15, -0.1) is 0 Å². The van der Waals surface area contributed by atoms with Gasteiger partial charge in [-0.1, -0.05) is 25.5 Å². The molecule has 39 heavy (non-hydrogen) atoms. The molecule has 0 aromatic rings. The minimum atomic E-state index is -1.76. The lowest BCUT2D eigenvalue weighted by atomic mass is 9.44. The van der Waals surface area contributed by atoms with Crippen molar-refractivity contribution >= 4 is 11.8 Å². The van der Waals surface area contributed by atoms with E-state index in [9.17, 15) is 24.9 Å². The van der Waals surface area contributed by atoms with Gasteiger partial charge in [0, 0.05) is 20.5 Å². The number of rotatable bonds is 5. The lowest BCUT2D eigenvalue weighted by molar-refractivity contribution is -0.269. The first-order chi connectivity index (χ1) is 18.2. The Bertz CT molecular complexity index is 1030. The highest BCUT2D eigenvalue weighted by Gasteiger charge is 2.76. The summed E-state index contributed by atoms with van der Waals surface area (Å²) in [6.07, 6.45) is 3.94. The fourth-order valence-electron chi connectivity index (χ4n) is 9.17. The normalized spacial score (nSPS) is 51.3. The topological polar surface area (TPSA) is 132 Å². The average molecular weight is 551 g/mol. The van der Waals surface area contributed by atoms with Gasteiger partial charge in [-0.05, 0) is 76.0 Å². The third kappa shape index (κ3) is 4.17. The van der Waals surface area contributed by atoms with Gasteiger partial charge in [0.2, 0.25) is 0 Å². The maximum absolute atomic E-state index is 12.8. The number of aliphatic hydroxyl groups is 3. The number of carbonyl (C=O) groups excluding carboxylic acids is 2. The Hall–Kier alpha value is -1.36. The zero-order chi connectivity index (χ0) is 28.5. The summed E-state index contributed by atoms with van der Waals surface area (Å²) >= 11 is 0. The Morgan fingerprint density at radius 2 is 1.79 bits per heavy atom. The Morgan fingerprint density at radius 1 is 1.08 bits per heavy atom. The molecular weight excluding hydrogens is 504 g/mol. The number of ether oxygens (including phenoxy) is 4. The van der Waals surface area contributed by atoms with Gasteiger partial charge in [-0.3, -0.25) is 9.59 Å². The van der Waals surface area contributed by atoms with Gasteiger partial charge in [0.15, 0.2) is 12.1 Å². The van der Waals surface area contributed by atoms with Crippen LogP contribution in [0.25, 0.3) is 0 Å². The molecule has 0 aromatic heterocycles. The molecule has 12 atom stereocenters. The summed E-state index contributed by atoms with van der Waals surface area (Å²) < 4.78 is 23.6. The predicted molar refractivity (Wildman–Crippen MR) is 140 cm³/mol. The van der Waals surface area contributed by atoms with Gasteiger partial charge in [0.25, 0.3) is 0 Å². The van der Waals surface area contributed by atoms with Crippen molar-refractivity contribution in [3.63, 3.8) is 0 Å². The number of fused-ring (bicyclic) bond motifs is 5. The Labute approximate surface area is 231 Å². The molecule has 4 fully saturated rings. The number of hydrogen-bond donors (Lipinski definition) is 3. The molecule has 1 heterocycles. The quantitative estimate of drug-likeness (QED) is 0.349. The number of hydrogen-bond acceptors (Lipinski definition) is 9. The van der Waals surface area contributed by atoms with Gasteiger partial charge >= 0.3 is 5.97 Å². The van der Waals surface area contributed by atoms with Crippen molar-refractivity contribution in [2.75, 3.05) is 7.11 Å². The van der Waals surface area contributed by atoms with E-state index in [0.29, 0.717) is 19.3 Å². The van der Waals surface area contributed by atoms with Crippen LogP contribution >= 0.6 is 0 Å². The molecule has 5 aliphatic rings. The highest BCUT2D eigenvalue weighted by Crippen LogP contribution is 2.69. The fourth-order valence-corrected chi connectivity index (χ4v) is 9.17. The van der Waals surface area contributed by atoms with Crippen LogP contribution in [-0.4, -0.2) is 82.2 Å². The van der Waals surface area contributed by atoms with Crippen molar-refractivity contribution in [3.8, 4) is 0 Å². The molecule has 0 bridgehead atoms. The third-order valence-electron chi connectivity index (χ3n) is 11.6. The van der Waals surface area contributed by atoms with Crippen LogP contribution < -0.4 is 0 Å². The average Bonchev–Trinajstić information content (AvgIpc) is 3.10. The van der Waals surface area contributed by atoms with Crippen molar-refractivity contribution in [1.29, 1.82) is 0 Å². The monoisotopic (exact) mass is 550 g/mol. The van der Waals surface area contributed by atoms with Crippen LogP contribution in [0.15, 0.2) is 11.6 Å². The molecule has 9 heteroatoms. The summed E-state index contributed by atoms with van der Waals surface area (Å²) in [4.78, 5) is 25.0. The first-order valence-corrected chi connectivity index (χ1v) is 14.6. The number of carbonyl (C=O) groups is 2. The maximum atomic E-state index is 12.8. The summed E-state index contributed by atoms with van der Waals surface area (Å²) in [7, 11) is 1.59. The van der Waals surface area contributed by atoms with Crippen LogP contribution in [-0.2, 0) is 28.5 Å². The van der Waals surface area contributed by atoms with E-state index >= 15 is 0 Å². The Kier molecular flexibility index (Phi) is 7.38. The molecule has 0 amide bonds. The van der Waals surface area contributed by atoms with Gasteiger partial charge in [0.05, 0.1) is 29.3 Å². The minimum absolute atomic E-state index is 0.0224. The molecule has 0 aromatic carbocycles. The van der Waals surface area contributed by atoms with E-state index in [-0.39, 0.29) is 48.4 Å². The predicted octanol–water partition coefficient (Wildman–Crippen LogP) is 2.82. The van der Waals surface area contributed by atoms with Crippen LogP contribution in [0.2, 0.25) is 0 Å². The highest BCUT2D eigenvalue weighted by atomic mass is 16.7. The molecule has 4 aliphatic carbocycles. The van der Waals surface area contributed by atoms with Crippen LogP contribution in [0.5, 0.6) is 0 Å². The molecule has 9 nitrogen and oxygen atoms in total. The molecule has 0 radical (unpaired) electrons. The van der Waals surface area contributed by atoms with E-state index in [1.54, 1.807) is 14.0 Å². The number of allylic oxidation sites excluding steroid dienone is 1. The van der Waals surface area contributed by atoms with E-state index < -0.39 is 46.9 Å². The molecule has 3 saturated carbocycles. The second-order valence-corrected chi connectivity index (χ2v) is 13.2. The van der Waals surface area contributed by atoms with Crippen LogP contribution in [0.1, 0.15) is 86.0 Å². The van der Waals surface area contributed by atoms with Crippen molar-refractivity contribution in [3.05, 3.63) is 11.6 Å². The van der Waals surface area contributed by atoms with E-state index in [2.05, 4.69) is 13.0 Å². The SMILES string of the molecule is CO[C@@H]1C[C@H](O[C@H]2CC[C@@]3(C)C(=CC[C@@H]4[C@@H]3C[C@@H](OC(C)=O)[C@]3(C)[C@](O)(C(C)=O)CC[C@]43O)C2)O[C@H](C)[C@H]1O. The number of aliphatic hydroxyl groups excluding tert-OH is 1. The van der Waals surface area contributed by atoms with E-state index in [1.165, 1.54) is 19.4 Å². The lowest BCUT2D eigenvalue weighted by Gasteiger charge is -2.63. The number of methoxy groups -OCH3 is 1. The number of ketones is 1. The number of Topliss-reactive ketones (excluding diaryl/α,β-unsaturated/α-hetero) is 1. The maximum Gasteiger partial charge on any atom is 0.302 e. The second-order valence-electron chi connectivity index (χ2n) is 13.2. The zero-order valence-electron chi connectivity index (χ0n) is 24.1. The molecule has 1 aliphatic heterocycles. The lowest BCUT2D eigenvalue weighted by Crippen LogP contribution is -2.71. The Morgan fingerprint density at radius 3 is 2.44 bits per heavy atom. The van der Waals surface area contributed by atoms with Gasteiger partial charge in [-0.2, -0.15) is 0 Å². The summed E-state index contributed by atoms with van der Waals surface area (Å²) in [6.45, 7) is 8.51. The fraction of sp³-hybridized carbons (Fsp3) is 0.867. The van der Waals surface area contributed by atoms with E-state index in [4.69, 9.17) is 18.9 Å². The van der Waals surface area contributed by atoms with Crippen LogP contribution in [0, 0.1) is 22.7 Å². The van der Waals surface area contributed by atoms with Crippen molar-refractivity contribution in [2.24, 2.45) is 22.7 Å². The summed E-state index contributed by atoms with van der Waals surface area (Å²) in [6, 6.07) is 0. The highest BCUT2D eigenvalue weighted by molar-refractivity contribution is 5.87. The Balaban J connectivity index is 1.40. The van der Waals surface area contributed by atoms with Gasteiger partial charge in [-0.25, -0.2) is 0 Å². The van der Waals surface area contributed by atoms with Gasteiger partial charge in [0.1, 0.15) is 17.8 Å². The van der Waals surface area contributed by atoms with E-state index in [0.717, 1.165) is 19.3 Å². The first-order valence-electron chi connectivity index (χ1n) is 14.6. The molecule has 3 N–H and O–H groups in total. The zero-order valence-corrected chi connectivity index (χ0v) is 24.1. The third-order valence-corrected chi connectivity index (χ3v) is 11.6. The molecular formula is C30H46O9. The van der Waals surface area contributed by atoms with Gasteiger partial charge < -0.3 is 34.3 Å². The summed E-state index contributed by atoms with van der Waals surface area (Å²) in [5, 5.41) is 34.3. The molecule has 220 valence electrons. The largest absolute Gasteiger partial charge is 0.462 e. The number of esters is 1. The standard InChI is InChI=1S/C30H46O9/c1-16-26(33)23(36-6)15-25(37-16)39-20-9-10-27(4)19(13-20)7-8-21-22(27)14-24(38-18(3)32)28(5)29(34,17(2)31)11-12-30(21,28)35/h7,16,20-26,33-35H,8-15H2,1-6H3/t16-,20+,21-,22+,23-,24-,25+,26-,27+,28-,29-,30+/m1/s1. The molecule has 5 rings (SSSR count).